The summed E-state index contributed by atoms with van der Waals surface area (Å²) in [4.78, 5) is 12.2. The Labute approximate surface area is 167 Å². The molecule has 0 radical (unpaired) electrons. The Morgan fingerprint density at radius 2 is 2.07 bits per heavy atom. The topological polar surface area (TPSA) is 90.7 Å². The molecule has 1 aliphatic carbocycles. The van der Waals surface area contributed by atoms with Gasteiger partial charge in [-0.2, -0.15) is 5.26 Å². The summed E-state index contributed by atoms with van der Waals surface area (Å²) in [7, 11) is 0. The smallest absolute Gasteiger partial charge is 0.231 e. The number of hydrogen-bond acceptors (Lipinski definition) is 7. The van der Waals surface area contributed by atoms with Gasteiger partial charge >= 0.3 is 0 Å². The van der Waals surface area contributed by atoms with Crippen molar-refractivity contribution in [1.82, 2.24) is 15.5 Å². The Morgan fingerprint density at radius 1 is 1.37 bits per heavy atom. The molecule has 0 bridgehead atoms. The van der Waals surface area contributed by atoms with Crippen molar-refractivity contribution in [2.24, 2.45) is 5.92 Å². The first-order valence-electron chi connectivity index (χ1n) is 8.95. The van der Waals surface area contributed by atoms with Crippen molar-refractivity contribution in [3.05, 3.63) is 29.8 Å². The van der Waals surface area contributed by atoms with E-state index in [9.17, 15) is 10.1 Å². The van der Waals surface area contributed by atoms with Gasteiger partial charge in [0, 0.05) is 5.69 Å². The molecule has 1 saturated carbocycles. The highest BCUT2D eigenvalue weighted by molar-refractivity contribution is 8.01. The molecule has 1 atom stereocenters. The van der Waals surface area contributed by atoms with Gasteiger partial charge in [0.05, 0.1) is 11.8 Å². The van der Waals surface area contributed by atoms with Crippen LogP contribution in [0.5, 0.6) is 0 Å². The summed E-state index contributed by atoms with van der Waals surface area (Å²) in [6.45, 7) is 6.12. The first-order valence-corrected chi connectivity index (χ1v) is 10.8. The molecule has 142 valence electrons. The van der Waals surface area contributed by atoms with Gasteiger partial charge in [-0.25, -0.2) is 0 Å². The van der Waals surface area contributed by atoms with Gasteiger partial charge in [0.2, 0.25) is 11.0 Å². The highest BCUT2D eigenvalue weighted by Gasteiger charge is 2.42. The molecule has 0 unspecified atom stereocenters. The first-order chi connectivity index (χ1) is 12.9. The quantitative estimate of drug-likeness (QED) is 0.641. The molecule has 0 saturated heterocycles. The van der Waals surface area contributed by atoms with Crippen LogP contribution in [0.15, 0.2) is 28.6 Å². The fraction of sp³-hybridized carbons (Fsp3) is 0.474. The molecule has 6 nitrogen and oxygen atoms in total. The number of benzene rings is 1. The average Bonchev–Trinajstić information content (AvgIpc) is 3.42. The number of carbonyl (C=O) groups excluding carboxylic acids is 1. The van der Waals surface area contributed by atoms with Gasteiger partial charge in [-0.3, -0.25) is 4.79 Å². The van der Waals surface area contributed by atoms with Crippen LogP contribution in [-0.2, 0) is 4.79 Å². The number of rotatable bonds is 8. The van der Waals surface area contributed by atoms with E-state index in [2.05, 4.69) is 52.9 Å². The highest BCUT2D eigenvalue weighted by Crippen LogP contribution is 2.39. The van der Waals surface area contributed by atoms with Gasteiger partial charge in [-0.15, -0.1) is 10.2 Å². The minimum Gasteiger partial charge on any atom is -0.337 e. The number of amides is 1. The molecule has 2 aromatic rings. The maximum absolute atomic E-state index is 12.2. The van der Waals surface area contributed by atoms with Gasteiger partial charge in [-0.05, 0) is 49.3 Å². The van der Waals surface area contributed by atoms with Crippen molar-refractivity contribution in [2.75, 3.05) is 11.1 Å². The molecule has 1 fully saturated rings. The summed E-state index contributed by atoms with van der Waals surface area (Å²) >= 11 is 2.74. The number of nitriles is 1. The van der Waals surface area contributed by atoms with Crippen molar-refractivity contribution >= 4 is 39.8 Å². The van der Waals surface area contributed by atoms with Crippen molar-refractivity contribution in [3.63, 3.8) is 0 Å². The molecular weight excluding hydrogens is 378 g/mol. The summed E-state index contributed by atoms with van der Waals surface area (Å²) in [5.41, 5.74) is 1.49. The molecule has 2 N–H and O–H groups in total. The van der Waals surface area contributed by atoms with Crippen molar-refractivity contribution in [2.45, 2.75) is 49.4 Å². The normalized spacial score (nSPS) is 15.8. The lowest BCUT2D eigenvalue weighted by atomic mass is 9.98. The third-order valence-corrected chi connectivity index (χ3v) is 6.56. The van der Waals surface area contributed by atoms with E-state index in [1.54, 1.807) is 6.92 Å². The third kappa shape index (κ3) is 5.21. The Hall–Kier alpha value is -2.11. The van der Waals surface area contributed by atoms with Crippen LogP contribution in [0.1, 0.15) is 45.1 Å². The van der Waals surface area contributed by atoms with Gasteiger partial charge in [0.15, 0.2) is 4.34 Å². The lowest BCUT2D eigenvalue weighted by molar-refractivity contribution is -0.119. The van der Waals surface area contributed by atoms with Gasteiger partial charge in [-0.1, -0.05) is 49.1 Å². The fourth-order valence-corrected chi connectivity index (χ4v) is 4.30. The highest BCUT2D eigenvalue weighted by atomic mass is 32.2. The number of aromatic nitrogens is 2. The Balaban J connectivity index is 1.50. The summed E-state index contributed by atoms with van der Waals surface area (Å²) in [6.07, 6.45) is 2.00. The molecule has 1 aromatic carbocycles. The van der Waals surface area contributed by atoms with Crippen LogP contribution in [0, 0.1) is 17.2 Å². The van der Waals surface area contributed by atoms with E-state index in [1.165, 1.54) is 28.7 Å². The number of anilines is 2. The number of nitrogens with zero attached hydrogens (tertiary/aromatic N) is 3. The van der Waals surface area contributed by atoms with Crippen LogP contribution < -0.4 is 10.6 Å². The predicted molar refractivity (Wildman–Crippen MR) is 109 cm³/mol. The number of thioether (sulfide) groups is 1. The molecule has 1 amide bonds. The first kappa shape index (κ1) is 19.6. The lowest BCUT2D eigenvalue weighted by Crippen LogP contribution is -2.47. The van der Waals surface area contributed by atoms with E-state index in [0.29, 0.717) is 11.0 Å². The second-order valence-corrected chi connectivity index (χ2v) is 9.40. The number of hydrogen-bond donors (Lipinski definition) is 2. The molecule has 0 spiro atoms. The molecule has 0 aliphatic heterocycles. The summed E-state index contributed by atoms with van der Waals surface area (Å²) in [5.74, 6) is 0.847. The van der Waals surface area contributed by atoms with Crippen LogP contribution in [0.2, 0.25) is 0 Å². The Bertz CT molecular complexity index is 839. The zero-order valence-electron chi connectivity index (χ0n) is 15.7. The molecular formula is C19H23N5OS2. The predicted octanol–water partition coefficient (Wildman–Crippen LogP) is 4.31. The molecule has 1 heterocycles. The maximum Gasteiger partial charge on any atom is 0.231 e. The third-order valence-electron chi connectivity index (χ3n) is 4.59. The van der Waals surface area contributed by atoms with E-state index in [4.69, 9.17) is 0 Å². The number of nitrogens with one attached hydrogen (secondary N) is 2. The van der Waals surface area contributed by atoms with Crippen molar-refractivity contribution in [1.29, 1.82) is 5.26 Å². The van der Waals surface area contributed by atoms with Crippen molar-refractivity contribution in [3.8, 4) is 6.07 Å². The average molecular weight is 402 g/mol. The van der Waals surface area contributed by atoms with Crippen LogP contribution in [0.3, 0.4) is 0 Å². The zero-order chi connectivity index (χ0) is 19.4. The fourth-order valence-electron chi connectivity index (χ4n) is 2.73. The molecule has 1 aliphatic rings. The minimum atomic E-state index is -0.756. The van der Waals surface area contributed by atoms with Crippen LogP contribution in [0.4, 0.5) is 10.8 Å². The van der Waals surface area contributed by atoms with Crippen molar-refractivity contribution < 1.29 is 4.79 Å². The van der Waals surface area contributed by atoms with Gasteiger partial charge < -0.3 is 10.6 Å². The SMILES string of the molecule is CC(C)c1ccc(Nc2nnc(SCC(=O)N[C@@](C)(C#N)C3CC3)s2)cc1. The monoisotopic (exact) mass is 401 g/mol. The summed E-state index contributed by atoms with van der Waals surface area (Å²) in [6, 6.07) is 10.5. The Morgan fingerprint density at radius 3 is 2.67 bits per heavy atom. The second kappa shape index (κ2) is 8.28. The summed E-state index contributed by atoms with van der Waals surface area (Å²) < 4.78 is 0.719. The lowest BCUT2D eigenvalue weighted by Gasteiger charge is -2.22. The van der Waals surface area contributed by atoms with Crippen LogP contribution in [-0.4, -0.2) is 27.4 Å². The maximum atomic E-state index is 12.2. The molecule has 1 aromatic heterocycles. The van der Waals surface area contributed by atoms with E-state index >= 15 is 0 Å². The van der Waals surface area contributed by atoms with E-state index in [1.807, 2.05) is 12.1 Å². The minimum absolute atomic E-state index is 0.148. The van der Waals surface area contributed by atoms with Gasteiger partial charge in [0.25, 0.3) is 0 Å². The van der Waals surface area contributed by atoms with Gasteiger partial charge in [0.1, 0.15) is 5.54 Å². The standard InChI is InChI=1S/C19H23N5OS2/c1-12(2)13-4-8-15(9-5-13)21-17-23-24-18(27-17)26-10-16(25)22-19(3,11-20)14-6-7-14/h4-5,8-9,12,14H,6-7,10H2,1-3H3,(H,21,23)(H,22,25)/t19-/m0/s1. The van der Waals surface area contributed by atoms with E-state index in [0.717, 1.165) is 22.9 Å². The van der Waals surface area contributed by atoms with Crippen LogP contribution in [0.25, 0.3) is 0 Å². The Kier molecular flexibility index (Phi) is 6.02. The van der Waals surface area contributed by atoms with E-state index < -0.39 is 5.54 Å². The molecule has 27 heavy (non-hydrogen) atoms. The molecule has 8 heteroatoms. The zero-order valence-corrected chi connectivity index (χ0v) is 17.3. The second-order valence-electron chi connectivity index (χ2n) is 7.20. The van der Waals surface area contributed by atoms with Crippen LogP contribution >= 0.6 is 23.1 Å². The molecule has 3 rings (SSSR count). The largest absolute Gasteiger partial charge is 0.337 e. The number of carbonyl (C=O) groups is 1. The summed E-state index contributed by atoms with van der Waals surface area (Å²) in [5, 5.41) is 24.3. The van der Waals surface area contributed by atoms with E-state index in [-0.39, 0.29) is 17.6 Å².